The third kappa shape index (κ3) is 1.44. The van der Waals surface area contributed by atoms with E-state index in [-0.39, 0.29) is 17.2 Å². The van der Waals surface area contributed by atoms with Crippen LogP contribution in [0.1, 0.15) is 19.9 Å². The molecule has 0 radical (unpaired) electrons. The molecule has 2 aromatic heterocycles. The van der Waals surface area contributed by atoms with Gasteiger partial charge in [-0.05, 0) is 19.9 Å². The molecule has 0 atom stereocenters. The van der Waals surface area contributed by atoms with Gasteiger partial charge in [0.25, 0.3) is 11.1 Å². The van der Waals surface area contributed by atoms with Gasteiger partial charge in [-0.15, -0.1) is 0 Å². The standard InChI is InChI=1S/C11H13N3O2/c1-7(2)14-6-12-8-4-5-9(15)13(3)10(8)11(14)16/h4-7H,1-3H3. The SMILES string of the molecule is CC(C)n1cnc2ccc(=O)n(C)c2c1=O. The second-order valence-corrected chi connectivity index (χ2v) is 4.02. The first-order chi connectivity index (χ1) is 7.52. The summed E-state index contributed by atoms with van der Waals surface area (Å²) < 4.78 is 2.85. The maximum Gasteiger partial charge on any atom is 0.278 e. The van der Waals surface area contributed by atoms with Gasteiger partial charge in [0, 0.05) is 19.2 Å². The highest BCUT2D eigenvalue weighted by Gasteiger charge is 2.09. The van der Waals surface area contributed by atoms with Crippen LogP contribution in [-0.2, 0) is 7.05 Å². The fourth-order valence-corrected chi connectivity index (χ4v) is 1.65. The van der Waals surface area contributed by atoms with Crippen molar-refractivity contribution in [1.82, 2.24) is 14.1 Å². The molecule has 0 saturated carbocycles. The lowest BCUT2D eigenvalue weighted by Crippen LogP contribution is -2.28. The molecule has 0 N–H and O–H groups in total. The monoisotopic (exact) mass is 219 g/mol. The highest BCUT2D eigenvalue weighted by molar-refractivity contribution is 5.72. The van der Waals surface area contributed by atoms with Crippen LogP contribution >= 0.6 is 0 Å². The predicted molar refractivity (Wildman–Crippen MR) is 61.6 cm³/mol. The minimum absolute atomic E-state index is 0.0275. The zero-order chi connectivity index (χ0) is 11.9. The van der Waals surface area contributed by atoms with Crippen molar-refractivity contribution in [2.24, 2.45) is 7.05 Å². The maximum atomic E-state index is 12.1. The zero-order valence-corrected chi connectivity index (χ0v) is 9.47. The summed E-state index contributed by atoms with van der Waals surface area (Å²) in [5, 5.41) is 0. The van der Waals surface area contributed by atoms with E-state index >= 15 is 0 Å². The number of aromatic nitrogens is 3. The van der Waals surface area contributed by atoms with Crippen LogP contribution in [0.3, 0.4) is 0 Å². The summed E-state index contributed by atoms with van der Waals surface area (Å²) in [5.41, 5.74) is 0.515. The molecule has 2 aromatic rings. The number of pyridine rings is 1. The predicted octanol–water partition coefficient (Wildman–Crippen LogP) is 0.676. The minimum Gasteiger partial charge on any atom is -0.305 e. The van der Waals surface area contributed by atoms with E-state index in [1.807, 2.05) is 13.8 Å². The van der Waals surface area contributed by atoms with Gasteiger partial charge in [0.2, 0.25) is 0 Å². The molecule has 0 aromatic carbocycles. The van der Waals surface area contributed by atoms with Crippen molar-refractivity contribution in [2.75, 3.05) is 0 Å². The molecule has 84 valence electrons. The second kappa shape index (κ2) is 3.59. The van der Waals surface area contributed by atoms with E-state index < -0.39 is 0 Å². The zero-order valence-electron chi connectivity index (χ0n) is 9.47. The molecule has 0 aliphatic rings. The Bertz CT molecular complexity index is 652. The summed E-state index contributed by atoms with van der Waals surface area (Å²) in [7, 11) is 1.58. The van der Waals surface area contributed by atoms with Crippen LogP contribution in [0.2, 0.25) is 0 Å². The van der Waals surface area contributed by atoms with Crippen molar-refractivity contribution in [1.29, 1.82) is 0 Å². The van der Waals surface area contributed by atoms with Crippen LogP contribution in [0.5, 0.6) is 0 Å². The van der Waals surface area contributed by atoms with Gasteiger partial charge in [0.05, 0.1) is 11.8 Å². The number of hydrogen-bond donors (Lipinski definition) is 0. The van der Waals surface area contributed by atoms with E-state index in [0.29, 0.717) is 11.0 Å². The Hall–Kier alpha value is -1.91. The lowest BCUT2D eigenvalue weighted by atomic mass is 10.3. The Morgan fingerprint density at radius 3 is 2.56 bits per heavy atom. The largest absolute Gasteiger partial charge is 0.305 e. The van der Waals surface area contributed by atoms with Gasteiger partial charge in [-0.25, -0.2) is 4.98 Å². The van der Waals surface area contributed by atoms with Gasteiger partial charge in [-0.2, -0.15) is 0 Å². The topological polar surface area (TPSA) is 56.9 Å². The lowest BCUT2D eigenvalue weighted by molar-refractivity contribution is 0.570. The van der Waals surface area contributed by atoms with E-state index in [1.165, 1.54) is 21.5 Å². The number of rotatable bonds is 1. The van der Waals surface area contributed by atoms with Crippen LogP contribution in [0.4, 0.5) is 0 Å². The molecular weight excluding hydrogens is 206 g/mol. The Labute approximate surface area is 92.0 Å². The van der Waals surface area contributed by atoms with Crippen LogP contribution in [0.25, 0.3) is 11.0 Å². The van der Waals surface area contributed by atoms with E-state index in [9.17, 15) is 9.59 Å². The van der Waals surface area contributed by atoms with Crippen molar-refractivity contribution in [2.45, 2.75) is 19.9 Å². The van der Waals surface area contributed by atoms with Crippen molar-refractivity contribution in [3.05, 3.63) is 39.2 Å². The molecule has 0 spiro atoms. The number of aryl methyl sites for hydroxylation is 1. The van der Waals surface area contributed by atoms with Gasteiger partial charge >= 0.3 is 0 Å². The number of fused-ring (bicyclic) bond motifs is 1. The van der Waals surface area contributed by atoms with Crippen LogP contribution in [0.15, 0.2) is 28.0 Å². The van der Waals surface area contributed by atoms with Gasteiger partial charge in [-0.1, -0.05) is 0 Å². The Balaban J connectivity index is 2.98. The fourth-order valence-electron chi connectivity index (χ4n) is 1.65. The number of hydrogen-bond acceptors (Lipinski definition) is 3. The molecule has 5 nitrogen and oxygen atoms in total. The Morgan fingerprint density at radius 2 is 1.94 bits per heavy atom. The highest BCUT2D eigenvalue weighted by Crippen LogP contribution is 2.05. The molecular formula is C11H13N3O2. The summed E-state index contributed by atoms with van der Waals surface area (Å²) in [6.45, 7) is 3.80. The summed E-state index contributed by atoms with van der Waals surface area (Å²) in [4.78, 5) is 27.7. The van der Waals surface area contributed by atoms with Crippen molar-refractivity contribution < 1.29 is 0 Å². The second-order valence-electron chi connectivity index (χ2n) is 4.02. The molecule has 0 saturated heterocycles. The van der Waals surface area contributed by atoms with Gasteiger partial charge in [-0.3, -0.25) is 14.2 Å². The Morgan fingerprint density at radius 1 is 1.25 bits per heavy atom. The molecule has 0 aliphatic heterocycles. The minimum atomic E-state index is -0.201. The van der Waals surface area contributed by atoms with Crippen molar-refractivity contribution in [3.8, 4) is 0 Å². The normalized spacial score (nSPS) is 11.2. The van der Waals surface area contributed by atoms with E-state index in [2.05, 4.69) is 4.98 Å². The average molecular weight is 219 g/mol. The smallest absolute Gasteiger partial charge is 0.278 e. The molecule has 5 heteroatoms. The molecule has 0 unspecified atom stereocenters. The van der Waals surface area contributed by atoms with Gasteiger partial charge in [0.15, 0.2) is 0 Å². The van der Waals surface area contributed by atoms with Crippen LogP contribution < -0.4 is 11.1 Å². The van der Waals surface area contributed by atoms with Crippen molar-refractivity contribution in [3.63, 3.8) is 0 Å². The first kappa shape index (κ1) is 10.6. The van der Waals surface area contributed by atoms with E-state index in [4.69, 9.17) is 0 Å². The molecule has 0 fully saturated rings. The first-order valence-electron chi connectivity index (χ1n) is 5.09. The first-order valence-corrected chi connectivity index (χ1v) is 5.09. The lowest BCUT2D eigenvalue weighted by Gasteiger charge is -2.10. The van der Waals surface area contributed by atoms with E-state index in [1.54, 1.807) is 13.1 Å². The van der Waals surface area contributed by atoms with Crippen LogP contribution in [0, 0.1) is 0 Å². The summed E-state index contributed by atoms with van der Waals surface area (Å²) >= 11 is 0. The average Bonchev–Trinajstić information content (AvgIpc) is 2.23. The third-order valence-electron chi connectivity index (χ3n) is 2.61. The molecule has 16 heavy (non-hydrogen) atoms. The summed E-state index contributed by atoms with van der Waals surface area (Å²) in [5.74, 6) is 0. The highest BCUT2D eigenvalue weighted by atomic mass is 16.1. The molecule has 2 rings (SSSR count). The third-order valence-corrected chi connectivity index (χ3v) is 2.61. The van der Waals surface area contributed by atoms with Crippen LogP contribution in [-0.4, -0.2) is 14.1 Å². The fraction of sp³-hybridized carbons (Fsp3) is 0.364. The molecule has 0 bridgehead atoms. The quantitative estimate of drug-likeness (QED) is 0.708. The van der Waals surface area contributed by atoms with Gasteiger partial charge < -0.3 is 4.57 Å². The molecule has 0 amide bonds. The van der Waals surface area contributed by atoms with Crippen molar-refractivity contribution >= 4 is 11.0 Å². The maximum absolute atomic E-state index is 12.1. The Kier molecular flexibility index (Phi) is 2.38. The number of nitrogens with zero attached hydrogens (tertiary/aromatic N) is 3. The van der Waals surface area contributed by atoms with Gasteiger partial charge in [0.1, 0.15) is 5.52 Å². The molecule has 0 aliphatic carbocycles. The summed E-state index contributed by atoms with van der Waals surface area (Å²) in [6, 6.07) is 3.01. The summed E-state index contributed by atoms with van der Waals surface area (Å²) in [6.07, 6.45) is 1.51. The van der Waals surface area contributed by atoms with E-state index in [0.717, 1.165) is 0 Å². The molecule has 2 heterocycles.